The van der Waals surface area contributed by atoms with Crippen molar-refractivity contribution >= 4 is 5.97 Å². The predicted molar refractivity (Wildman–Crippen MR) is 37.4 cm³/mol. The van der Waals surface area contributed by atoms with E-state index in [9.17, 15) is 4.79 Å². The molecule has 0 amide bonds. The summed E-state index contributed by atoms with van der Waals surface area (Å²) in [5.41, 5.74) is 5.31. The molecule has 1 atom stereocenters. The molecular weight excluding hydrogens is 130 g/mol. The maximum Gasteiger partial charge on any atom is 0.306 e. The molecule has 2 N–H and O–H groups in total. The van der Waals surface area contributed by atoms with Gasteiger partial charge in [-0.15, -0.1) is 0 Å². The fourth-order valence-corrected chi connectivity index (χ4v) is 1.17. The van der Waals surface area contributed by atoms with Crippen LogP contribution in [0.4, 0.5) is 0 Å². The Hall–Kier alpha value is -0.570. The second-order valence-electron chi connectivity index (χ2n) is 2.58. The van der Waals surface area contributed by atoms with Crippen LogP contribution in [0.3, 0.4) is 0 Å². The quantitative estimate of drug-likeness (QED) is 0.570. The highest BCUT2D eigenvalue weighted by Gasteiger charge is 2.18. The maximum absolute atomic E-state index is 10.7. The Kier molecular flexibility index (Phi) is 2.68. The van der Waals surface area contributed by atoms with E-state index < -0.39 is 0 Å². The van der Waals surface area contributed by atoms with Crippen molar-refractivity contribution in [3.05, 3.63) is 0 Å². The molecule has 1 heterocycles. The van der Waals surface area contributed by atoms with Crippen molar-refractivity contribution in [3.8, 4) is 0 Å². The maximum atomic E-state index is 10.7. The lowest BCUT2D eigenvalue weighted by molar-refractivity contribution is -0.153. The summed E-state index contributed by atoms with van der Waals surface area (Å²) in [7, 11) is 0. The Bertz CT molecular complexity index is 123. The largest absolute Gasteiger partial charge is 0.462 e. The van der Waals surface area contributed by atoms with E-state index in [4.69, 9.17) is 10.5 Å². The van der Waals surface area contributed by atoms with Crippen molar-refractivity contribution in [2.24, 2.45) is 5.73 Å². The fraction of sp³-hybridized carbons (Fsp3) is 0.857. The van der Waals surface area contributed by atoms with E-state index >= 15 is 0 Å². The summed E-state index contributed by atoms with van der Waals surface area (Å²) < 4.78 is 5.01. The number of rotatable bonds is 2. The van der Waals surface area contributed by atoms with Gasteiger partial charge >= 0.3 is 5.97 Å². The van der Waals surface area contributed by atoms with Crippen LogP contribution in [0, 0.1) is 0 Å². The number of nitrogens with two attached hydrogens (primary N) is 1. The van der Waals surface area contributed by atoms with E-state index in [2.05, 4.69) is 0 Å². The van der Waals surface area contributed by atoms with Gasteiger partial charge in [0.2, 0.25) is 0 Å². The lowest BCUT2D eigenvalue weighted by Gasteiger charge is -2.21. The molecule has 1 fully saturated rings. The summed E-state index contributed by atoms with van der Waals surface area (Å²) >= 11 is 0. The summed E-state index contributed by atoms with van der Waals surface area (Å²) in [5, 5.41) is 0. The molecule has 0 radical (unpaired) electrons. The number of cyclic esters (lactones) is 1. The molecule has 1 saturated heterocycles. The number of carbonyl (C=O) groups excluding carboxylic acids is 1. The third-order valence-corrected chi connectivity index (χ3v) is 1.69. The average Bonchev–Trinajstić information content (AvgIpc) is 1.88. The van der Waals surface area contributed by atoms with Gasteiger partial charge in [-0.2, -0.15) is 0 Å². The second-order valence-corrected chi connectivity index (χ2v) is 2.58. The summed E-state index contributed by atoms with van der Waals surface area (Å²) in [6.07, 6.45) is 3.45. The zero-order valence-corrected chi connectivity index (χ0v) is 6.01. The monoisotopic (exact) mass is 143 g/mol. The van der Waals surface area contributed by atoms with Crippen LogP contribution < -0.4 is 5.73 Å². The minimum absolute atomic E-state index is 0.0651. The van der Waals surface area contributed by atoms with Crippen LogP contribution in [0.2, 0.25) is 0 Å². The van der Waals surface area contributed by atoms with Gasteiger partial charge in [0.15, 0.2) is 0 Å². The van der Waals surface area contributed by atoms with Gasteiger partial charge in [0, 0.05) is 6.42 Å². The van der Waals surface area contributed by atoms with Crippen molar-refractivity contribution in [3.63, 3.8) is 0 Å². The number of hydrogen-bond acceptors (Lipinski definition) is 3. The van der Waals surface area contributed by atoms with Gasteiger partial charge in [-0.3, -0.25) is 4.79 Å². The van der Waals surface area contributed by atoms with E-state index in [1.807, 2.05) is 0 Å². The summed E-state index contributed by atoms with van der Waals surface area (Å²) in [6.45, 7) is 0.609. The first-order chi connectivity index (χ1) is 4.83. The average molecular weight is 143 g/mol. The first-order valence-corrected chi connectivity index (χ1v) is 3.72. The molecule has 0 aromatic heterocycles. The molecule has 3 heteroatoms. The lowest BCUT2D eigenvalue weighted by atomic mass is 10.1. The normalized spacial score (nSPS) is 26.1. The van der Waals surface area contributed by atoms with Crippen molar-refractivity contribution in [2.45, 2.75) is 31.8 Å². The topological polar surface area (TPSA) is 52.3 Å². The van der Waals surface area contributed by atoms with Crippen LogP contribution in [0.5, 0.6) is 0 Å². The Morgan fingerprint density at radius 3 is 3.10 bits per heavy atom. The zero-order chi connectivity index (χ0) is 7.40. The molecule has 3 nitrogen and oxygen atoms in total. The minimum Gasteiger partial charge on any atom is -0.462 e. The zero-order valence-electron chi connectivity index (χ0n) is 6.01. The minimum atomic E-state index is -0.0651. The predicted octanol–water partition coefficient (Wildman–Crippen LogP) is 0.431. The third-order valence-electron chi connectivity index (χ3n) is 1.69. The van der Waals surface area contributed by atoms with E-state index in [1.54, 1.807) is 0 Å². The highest BCUT2D eigenvalue weighted by molar-refractivity contribution is 5.70. The van der Waals surface area contributed by atoms with Crippen LogP contribution in [-0.2, 0) is 9.53 Å². The molecule has 1 rings (SSSR count). The number of hydrogen-bond donors (Lipinski definition) is 1. The molecule has 58 valence electrons. The van der Waals surface area contributed by atoms with Crippen LogP contribution in [0.1, 0.15) is 25.7 Å². The van der Waals surface area contributed by atoms with E-state index in [0.717, 1.165) is 19.3 Å². The first-order valence-electron chi connectivity index (χ1n) is 3.72. The van der Waals surface area contributed by atoms with Gasteiger partial charge < -0.3 is 10.5 Å². The molecular formula is C7H13NO2. The smallest absolute Gasteiger partial charge is 0.306 e. The Labute approximate surface area is 60.5 Å². The van der Waals surface area contributed by atoms with Crippen LogP contribution >= 0.6 is 0 Å². The number of esters is 1. The number of carbonyl (C=O) groups is 1. The summed E-state index contributed by atoms with van der Waals surface area (Å²) in [6, 6.07) is 0. The summed E-state index contributed by atoms with van der Waals surface area (Å²) in [4.78, 5) is 10.7. The lowest BCUT2D eigenvalue weighted by Crippen LogP contribution is -2.25. The molecule has 0 aromatic carbocycles. The van der Waals surface area contributed by atoms with Gasteiger partial charge in [0.05, 0.1) is 0 Å². The van der Waals surface area contributed by atoms with Crippen LogP contribution in [0.15, 0.2) is 0 Å². The van der Waals surface area contributed by atoms with Crippen LogP contribution in [0.25, 0.3) is 0 Å². The highest BCUT2D eigenvalue weighted by atomic mass is 16.5. The molecule has 1 aliphatic rings. The van der Waals surface area contributed by atoms with E-state index in [0.29, 0.717) is 13.0 Å². The molecule has 0 unspecified atom stereocenters. The SMILES string of the molecule is NCC[C@@H]1CCCC(=O)O1. The fourth-order valence-electron chi connectivity index (χ4n) is 1.17. The van der Waals surface area contributed by atoms with Gasteiger partial charge in [0.1, 0.15) is 6.10 Å². The highest BCUT2D eigenvalue weighted by Crippen LogP contribution is 2.15. The Morgan fingerprint density at radius 2 is 2.50 bits per heavy atom. The van der Waals surface area contributed by atoms with Crippen molar-refractivity contribution in [1.29, 1.82) is 0 Å². The standard InChI is InChI=1S/C7H13NO2/c8-5-4-6-2-1-3-7(9)10-6/h6H,1-5,8H2/t6-/m0/s1. The first kappa shape index (κ1) is 7.54. The van der Waals surface area contributed by atoms with Gasteiger partial charge in [-0.1, -0.05) is 0 Å². The second kappa shape index (κ2) is 3.56. The molecule has 10 heavy (non-hydrogen) atoms. The molecule has 0 spiro atoms. The van der Waals surface area contributed by atoms with E-state index in [1.165, 1.54) is 0 Å². The van der Waals surface area contributed by atoms with Gasteiger partial charge in [-0.25, -0.2) is 0 Å². The Balaban J connectivity index is 2.25. The van der Waals surface area contributed by atoms with Crippen molar-refractivity contribution in [2.75, 3.05) is 6.54 Å². The molecule has 0 aliphatic carbocycles. The molecule has 1 aliphatic heterocycles. The molecule has 0 saturated carbocycles. The van der Waals surface area contributed by atoms with Gasteiger partial charge in [-0.05, 0) is 25.8 Å². The molecule has 0 aromatic rings. The van der Waals surface area contributed by atoms with E-state index in [-0.39, 0.29) is 12.1 Å². The Morgan fingerprint density at radius 1 is 1.70 bits per heavy atom. The van der Waals surface area contributed by atoms with Crippen molar-refractivity contribution < 1.29 is 9.53 Å². The third kappa shape index (κ3) is 1.99. The van der Waals surface area contributed by atoms with Gasteiger partial charge in [0.25, 0.3) is 0 Å². The summed E-state index contributed by atoms with van der Waals surface area (Å²) in [5.74, 6) is -0.0651. The van der Waals surface area contributed by atoms with Crippen molar-refractivity contribution in [1.82, 2.24) is 0 Å². The molecule has 0 bridgehead atoms. The van der Waals surface area contributed by atoms with Crippen LogP contribution in [-0.4, -0.2) is 18.6 Å². The number of ether oxygens (including phenoxy) is 1.